The van der Waals surface area contributed by atoms with E-state index in [1.54, 1.807) is 0 Å². The molecule has 1 aromatic carbocycles. The van der Waals surface area contributed by atoms with Gasteiger partial charge in [0.2, 0.25) is 0 Å². The zero-order valence-electron chi connectivity index (χ0n) is 11.1. The highest BCUT2D eigenvalue weighted by Crippen LogP contribution is 2.28. The molecule has 0 N–H and O–H groups in total. The Balaban J connectivity index is 1.79. The number of anilines is 1. The van der Waals surface area contributed by atoms with Gasteiger partial charge in [0.25, 0.3) is 0 Å². The first-order valence-corrected chi connectivity index (χ1v) is 8.02. The molecular formula is C15H20Cl2N2. The molecule has 1 unspecified atom stereocenters. The van der Waals surface area contributed by atoms with Gasteiger partial charge in [-0.3, -0.25) is 4.90 Å². The van der Waals surface area contributed by atoms with Crippen LogP contribution < -0.4 is 4.90 Å². The van der Waals surface area contributed by atoms with Gasteiger partial charge in [-0.1, -0.05) is 17.7 Å². The van der Waals surface area contributed by atoms with Gasteiger partial charge in [-0.05, 0) is 43.5 Å². The molecule has 2 saturated heterocycles. The third-order valence-electron chi connectivity index (χ3n) is 4.35. The quantitative estimate of drug-likeness (QED) is 0.767. The number of hydrogen-bond acceptors (Lipinski definition) is 2. The molecule has 2 nitrogen and oxygen atoms in total. The normalized spacial score (nSPS) is 24.3. The number of benzene rings is 1. The fourth-order valence-electron chi connectivity index (χ4n) is 3.28. The van der Waals surface area contributed by atoms with Crippen molar-refractivity contribution in [1.82, 2.24) is 4.90 Å². The second kappa shape index (κ2) is 5.90. The Morgan fingerprint density at radius 1 is 1.16 bits per heavy atom. The van der Waals surface area contributed by atoms with E-state index in [9.17, 15) is 0 Å². The van der Waals surface area contributed by atoms with Crippen LogP contribution in [0.2, 0.25) is 5.02 Å². The van der Waals surface area contributed by atoms with Gasteiger partial charge >= 0.3 is 0 Å². The molecule has 1 atom stereocenters. The van der Waals surface area contributed by atoms with E-state index in [0.29, 0.717) is 5.88 Å². The molecule has 19 heavy (non-hydrogen) atoms. The number of nitrogens with zero attached hydrogens (tertiary/aromatic N) is 2. The first-order chi connectivity index (χ1) is 9.28. The molecule has 0 radical (unpaired) electrons. The van der Waals surface area contributed by atoms with Gasteiger partial charge in [0.1, 0.15) is 0 Å². The highest BCUT2D eigenvalue weighted by atomic mass is 35.5. The van der Waals surface area contributed by atoms with Crippen LogP contribution in [-0.2, 0) is 5.88 Å². The first-order valence-electron chi connectivity index (χ1n) is 7.11. The Morgan fingerprint density at radius 3 is 2.79 bits per heavy atom. The van der Waals surface area contributed by atoms with E-state index in [-0.39, 0.29) is 0 Å². The van der Waals surface area contributed by atoms with Gasteiger partial charge in [-0.15, -0.1) is 11.6 Å². The number of halogens is 2. The average molecular weight is 299 g/mol. The zero-order chi connectivity index (χ0) is 13.2. The Bertz CT molecular complexity index is 450. The maximum absolute atomic E-state index is 6.28. The molecule has 1 aromatic rings. The predicted octanol–water partition coefficient (Wildman–Crippen LogP) is 3.75. The van der Waals surface area contributed by atoms with Crippen LogP contribution in [0.3, 0.4) is 0 Å². The molecule has 2 aliphatic heterocycles. The summed E-state index contributed by atoms with van der Waals surface area (Å²) >= 11 is 12.1. The summed E-state index contributed by atoms with van der Waals surface area (Å²) in [4.78, 5) is 5.13. The van der Waals surface area contributed by atoms with E-state index in [4.69, 9.17) is 23.2 Å². The Labute approximate surface area is 125 Å². The van der Waals surface area contributed by atoms with Gasteiger partial charge in [-0.2, -0.15) is 0 Å². The molecule has 0 saturated carbocycles. The van der Waals surface area contributed by atoms with Crippen molar-refractivity contribution in [3.8, 4) is 0 Å². The number of rotatable bonds is 2. The van der Waals surface area contributed by atoms with Crippen LogP contribution in [0.25, 0.3) is 0 Å². The van der Waals surface area contributed by atoms with Gasteiger partial charge < -0.3 is 4.90 Å². The Morgan fingerprint density at radius 2 is 2.00 bits per heavy atom. The third kappa shape index (κ3) is 2.86. The lowest BCUT2D eigenvalue weighted by molar-refractivity contribution is 0.273. The van der Waals surface area contributed by atoms with E-state index in [2.05, 4.69) is 28.0 Å². The van der Waals surface area contributed by atoms with Crippen LogP contribution in [0.4, 0.5) is 5.69 Å². The second-order valence-corrected chi connectivity index (χ2v) is 6.22. The summed E-state index contributed by atoms with van der Waals surface area (Å²) < 4.78 is 0. The van der Waals surface area contributed by atoms with E-state index < -0.39 is 0 Å². The summed E-state index contributed by atoms with van der Waals surface area (Å²) in [5.74, 6) is 0.482. The molecule has 3 rings (SSSR count). The number of fused-ring (bicyclic) bond motifs is 1. The lowest BCUT2D eigenvalue weighted by Crippen LogP contribution is -2.36. The van der Waals surface area contributed by atoms with E-state index in [1.807, 2.05) is 0 Å². The monoisotopic (exact) mass is 298 g/mol. The second-order valence-electron chi connectivity index (χ2n) is 5.54. The maximum atomic E-state index is 6.28. The van der Waals surface area contributed by atoms with Crippen LogP contribution in [0.1, 0.15) is 24.8 Å². The van der Waals surface area contributed by atoms with Gasteiger partial charge in [0.05, 0.1) is 0 Å². The minimum Gasteiger partial charge on any atom is -0.370 e. The Hall–Kier alpha value is -0.440. The van der Waals surface area contributed by atoms with Gasteiger partial charge in [-0.25, -0.2) is 0 Å². The summed E-state index contributed by atoms with van der Waals surface area (Å²) in [6.45, 7) is 4.79. The highest BCUT2D eigenvalue weighted by Gasteiger charge is 2.28. The molecule has 0 aliphatic carbocycles. The number of alkyl halides is 1. The van der Waals surface area contributed by atoms with Crippen molar-refractivity contribution in [2.45, 2.75) is 31.2 Å². The highest BCUT2D eigenvalue weighted by molar-refractivity contribution is 6.32. The molecule has 0 bridgehead atoms. The topological polar surface area (TPSA) is 6.48 Å². The van der Waals surface area contributed by atoms with Gasteiger partial charge in [0.15, 0.2) is 0 Å². The molecule has 104 valence electrons. The maximum Gasteiger partial charge on any atom is 0.0488 e. The minimum absolute atomic E-state index is 0.482. The molecule has 4 heteroatoms. The standard InChI is InChI=1S/C15H20Cl2N2/c16-10-12-4-5-13(9-15(12)17)19-8-2-7-18-6-1-3-14(18)11-19/h4-5,9,14H,1-3,6-8,10-11H2. The van der Waals surface area contributed by atoms with Crippen LogP contribution in [-0.4, -0.2) is 37.1 Å². The van der Waals surface area contributed by atoms with E-state index in [1.165, 1.54) is 38.0 Å². The lowest BCUT2D eigenvalue weighted by Gasteiger charge is -2.27. The van der Waals surface area contributed by atoms with E-state index in [0.717, 1.165) is 29.7 Å². The average Bonchev–Trinajstić information content (AvgIpc) is 2.76. The SMILES string of the molecule is ClCc1ccc(N2CCCN3CCCC3C2)cc1Cl. The van der Waals surface area contributed by atoms with Crippen molar-refractivity contribution >= 4 is 28.9 Å². The molecule has 2 fully saturated rings. The van der Waals surface area contributed by atoms with Crippen molar-refractivity contribution in [2.75, 3.05) is 31.1 Å². The van der Waals surface area contributed by atoms with E-state index >= 15 is 0 Å². The van der Waals surface area contributed by atoms with Crippen molar-refractivity contribution in [2.24, 2.45) is 0 Å². The summed E-state index contributed by atoms with van der Waals surface area (Å²) in [7, 11) is 0. The van der Waals surface area contributed by atoms with Crippen LogP contribution in [0.5, 0.6) is 0 Å². The van der Waals surface area contributed by atoms with Crippen molar-refractivity contribution in [3.05, 3.63) is 28.8 Å². The van der Waals surface area contributed by atoms with Crippen LogP contribution >= 0.6 is 23.2 Å². The van der Waals surface area contributed by atoms with Crippen molar-refractivity contribution in [1.29, 1.82) is 0 Å². The molecule has 0 amide bonds. The minimum atomic E-state index is 0.482. The largest absolute Gasteiger partial charge is 0.370 e. The third-order valence-corrected chi connectivity index (χ3v) is 4.99. The number of hydrogen-bond donors (Lipinski definition) is 0. The molecule has 2 heterocycles. The van der Waals surface area contributed by atoms with Gasteiger partial charge in [0, 0.05) is 42.3 Å². The molecule has 0 aromatic heterocycles. The molecular weight excluding hydrogens is 279 g/mol. The molecule has 0 spiro atoms. The first kappa shape index (κ1) is 13.5. The zero-order valence-corrected chi connectivity index (χ0v) is 12.6. The summed E-state index contributed by atoms with van der Waals surface area (Å²) in [5, 5.41) is 0.792. The van der Waals surface area contributed by atoms with Crippen LogP contribution in [0.15, 0.2) is 18.2 Å². The fourth-order valence-corrected chi connectivity index (χ4v) is 3.83. The summed E-state index contributed by atoms with van der Waals surface area (Å²) in [6.07, 6.45) is 3.93. The Kier molecular flexibility index (Phi) is 4.21. The predicted molar refractivity (Wildman–Crippen MR) is 82.4 cm³/mol. The fraction of sp³-hybridized carbons (Fsp3) is 0.600. The van der Waals surface area contributed by atoms with Crippen molar-refractivity contribution < 1.29 is 0 Å². The lowest BCUT2D eigenvalue weighted by atomic mass is 10.1. The molecule has 2 aliphatic rings. The van der Waals surface area contributed by atoms with Crippen molar-refractivity contribution in [3.63, 3.8) is 0 Å². The van der Waals surface area contributed by atoms with Crippen LogP contribution in [0, 0.1) is 0 Å². The summed E-state index contributed by atoms with van der Waals surface area (Å²) in [6, 6.07) is 7.02. The smallest absolute Gasteiger partial charge is 0.0488 e. The summed E-state index contributed by atoms with van der Waals surface area (Å²) in [5.41, 5.74) is 2.26.